The van der Waals surface area contributed by atoms with E-state index in [2.05, 4.69) is 20.2 Å². The molecule has 2 rings (SSSR count). The van der Waals surface area contributed by atoms with Crippen molar-refractivity contribution >= 4 is 10.0 Å². The first kappa shape index (κ1) is 14.8. The summed E-state index contributed by atoms with van der Waals surface area (Å²) in [6.07, 6.45) is 1.59. The number of aromatic nitrogens is 2. The zero-order chi connectivity index (χ0) is 14.6. The fraction of sp³-hybridized carbons (Fsp3) is 0.417. The lowest BCUT2D eigenvalue weighted by molar-refractivity contribution is 0.401. The Balaban J connectivity index is 2.03. The van der Waals surface area contributed by atoms with E-state index < -0.39 is 10.0 Å². The molecular formula is C12H18N4O3S. The number of H-pyrrole nitrogens is 1. The molecule has 0 fully saturated rings. The van der Waals surface area contributed by atoms with E-state index in [1.807, 2.05) is 13.8 Å². The van der Waals surface area contributed by atoms with Gasteiger partial charge in [0.25, 0.3) is 10.0 Å². The molecule has 0 spiro atoms. The first-order valence-electron chi connectivity index (χ1n) is 6.31. The minimum atomic E-state index is -3.64. The molecule has 7 nitrogen and oxygen atoms in total. The lowest BCUT2D eigenvalue weighted by Crippen LogP contribution is -2.23. The molecule has 0 aliphatic heterocycles. The topological polar surface area (TPSA) is 100 Å². The van der Waals surface area contributed by atoms with E-state index in [9.17, 15) is 8.42 Å². The summed E-state index contributed by atoms with van der Waals surface area (Å²) >= 11 is 0. The average molecular weight is 298 g/mol. The van der Waals surface area contributed by atoms with Crippen LogP contribution in [0.25, 0.3) is 0 Å². The first-order valence-corrected chi connectivity index (χ1v) is 7.79. The van der Waals surface area contributed by atoms with Crippen LogP contribution < -0.4 is 10.0 Å². The molecule has 0 amide bonds. The summed E-state index contributed by atoms with van der Waals surface area (Å²) < 4.78 is 31.9. The molecule has 0 atom stereocenters. The Morgan fingerprint density at radius 1 is 1.35 bits per heavy atom. The summed E-state index contributed by atoms with van der Waals surface area (Å²) in [5.41, 5.74) is 1.63. The third-order valence-electron chi connectivity index (χ3n) is 2.84. The van der Waals surface area contributed by atoms with Crippen LogP contribution in [0.5, 0.6) is 0 Å². The number of aryl methyl sites for hydroxylation is 1. The summed E-state index contributed by atoms with van der Waals surface area (Å²) in [7, 11) is -3.64. The second kappa shape index (κ2) is 6.21. The molecule has 0 aliphatic carbocycles. The fourth-order valence-corrected chi connectivity index (χ4v) is 2.60. The highest BCUT2D eigenvalue weighted by atomic mass is 32.2. The van der Waals surface area contributed by atoms with Gasteiger partial charge in [-0.3, -0.25) is 5.10 Å². The van der Waals surface area contributed by atoms with Gasteiger partial charge in [0, 0.05) is 17.8 Å². The number of nitrogens with one attached hydrogen (secondary N) is 3. The first-order chi connectivity index (χ1) is 9.53. The van der Waals surface area contributed by atoms with Gasteiger partial charge in [-0.1, -0.05) is 6.92 Å². The molecule has 0 radical (unpaired) electrons. The van der Waals surface area contributed by atoms with Crippen LogP contribution in [0.2, 0.25) is 0 Å². The van der Waals surface area contributed by atoms with Crippen LogP contribution in [0, 0.1) is 6.92 Å². The van der Waals surface area contributed by atoms with E-state index in [0.29, 0.717) is 12.3 Å². The molecule has 0 bridgehead atoms. The highest BCUT2D eigenvalue weighted by Crippen LogP contribution is 2.14. The highest BCUT2D eigenvalue weighted by Gasteiger charge is 2.19. The molecule has 0 aliphatic rings. The lowest BCUT2D eigenvalue weighted by Gasteiger charge is -2.03. The van der Waals surface area contributed by atoms with Crippen molar-refractivity contribution in [3.8, 4) is 0 Å². The van der Waals surface area contributed by atoms with Gasteiger partial charge in [-0.2, -0.15) is 5.10 Å². The predicted octanol–water partition coefficient (Wildman–Crippen LogP) is 0.899. The number of rotatable bonds is 7. The predicted molar refractivity (Wildman–Crippen MR) is 73.4 cm³/mol. The maximum Gasteiger partial charge on any atom is 0.274 e. The number of nitrogens with zero attached hydrogens (tertiary/aromatic N) is 1. The third-order valence-corrected chi connectivity index (χ3v) is 4.11. The molecule has 20 heavy (non-hydrogen) atoms. The number of sulfonamides is 1. The molecular weight excluding hydrogens is 280 g/mol. The van der Waals surface area contributed by atoms with E-state index in [1.54, 1.807) is 12.3 Å². The van der Waals surface area contributed by atoms with Crippen molar-refractivity contribution in [1.82, 2.24) is 20.2 Å². The van der Waals surface area contributed by atoms with Crippen molar-refractivity contribution < 1.29 is 12.8 Å². The van der Waals surface area contributed by atoms with Gasteiger partial charge in [0.05, 0.1) is 12.7 Å². The summed E-state index contributed by atoms with van der Waals surface area (Å²) in [4.78, 5) is 0. The van der Waals surface area contributed by atoms with Gasteiger partial charge in [0.1, 0.15) is 5.76 Å². The molecule has 0 saturated carbocycles. The van der Waals surface area contributed by atoms with Crippen LogP contribution in [0.15, 0.2) is 27.8 Å². The van der Waals surface area contributed by atoms with Crippen LogP contribution in [0.1, 0.15) is 23.9 Å². The Morgan fingerprint density at radius 3 is 2.80 bits per heavy atom. The van der Waals surface area contributed by atoms with Crippen molar-refractivity contribution in [3.63, 3.8) is 0 Å². The summed E-state index contributed by atoms with van der Waals surface area (Å²) in [5.74, 6) is 0.590. The average Bonchev–Trinajstić information content (AvgIpc) is 3.03. The molecule has 0 aromatic carbocycles. The Bertz CT molecular complexity index is 660. The monoisotopic (exact) mass is 298 g/mol. The maximum absolute atomic E-state index is 12.1. The van der Waals surface area contributed by atoms with Crippen molar-refractivity contribution in [2.24, 2.45) is 0 Å². The van der Waals surface area contributed by atoms with Crippen molar-refractivity contribution in [2.75, 3.05) is 6.54 Å². The van der Waals surface area contributed by atoms with E-state index >= 15 is 0 Å². The zero-order valence-corrected chi connectivity index (χ0v) is 12.3. The lowest BCUT2D eigenvalue weighted by atomic mass is 10.3. The van der Waals surface area contributed by atoms with Gasteiger partial charge in [-0.25, -0.2) is 13.1 Å². The summed E-state index contributed by atoms with van der Waals surface area (Å²) in [6, 6.07) is 3.11. The molecule has 3 N–H and O–H groups in total. The van der Waals surface area contributed by atoms with Gasteiger partial charge in [0.15, 0.2) is 0 Å². The smallest absolute Gasteiger partial charge is 0.274 e. The van der Waals surface area contributed by atoms with E-state index in [0.717, 1.165) is 17.8 Å². The molecule has 2 aromatic rings. The Labute approximate surface area is 117 Å². The van der Waals surface area contributed by atoms with Crippen molar-refractivity contribution in [2.45, 2.75) is 32.0 Å². The summed E-state index contributed by atoms with van der Waals surface area (Å²) in [6.45, 7) is 5.27. The van der Waals surface area contributed by atoms with Crippen molar-refractivity contribution in [3.05, 3.63) is 35.3 Å². The normalized spacial score (nSPS) is 11.9. The second-order valence-electron chi connectivity index (χ2n) is 4.35. The quantitative estimate of drug-likeness (QED) is 0.705. The fourth-order valence-electron chi connectivity index (χ4n) is 1.64. The number of aromatic amines is 1. The Hall–Kier alpha value is -1.64. The van der Waals surface area contributed by atoms with E-state index in [-0.39, 0.29) is 11.6 Å². The third kappa shape index (κ3) is 3.47. The van der Waals surface area contributed by atoms with Gasteiger partial charge in [0.2, 0.25) is 5.09 Å². The number of hydrogen-bond donors (Lipinski definition) is 3. The molecule has 2 heterocycles. The van der Waals surface area contributed by atoms with Gasteiger partial charge in [-0.05, 0) is 25.6 Å². The minimum Gasteiger partial charge on any atom is -0.447 e. The number of hydrogen-bond acceptors (Lipinski definition) is 5. The largest absolute Gasteiger partial charge is 0.447 e. The van der Waals surface area contributed by atoms with Crippen LogP contribution >= 0.6 is 0 Å². The SMILES string of the molecule is CCNCc1ccc(S(=O)(=O)NCc2cn[nH]c2C)o1. The standard InChI is InChI=1S/C12H18N4O3S/c1-3-13-8-11-4-5-12(19-11)20(17,18)15-7-10-6-14-16-9(10)2/h4-6,13,15H,3,7-8H2,1-2H3,(H,14,16). The Morgan fingerprint density at radius 2 is 2.15 bits per heavy atom. The molecule has 0 unspecified atom stereocenters. The molecule has 2 aromatic heterocycles. The van der Waals surface area contributed by atoms with Crippen LogP contribution in [-0.2, 0) is 23.1 Å². The van der Waals surface area contributed by atoms with Gasteiger partial charge >= 0.3 is 0 Å². The van der Waals surface area contributed by atoms with Crippen molar-refractivity contribution in [1.29, 1.82) is 0 Å². The second-order valence-corrected chi connectivity index (χ2v) is 6.04. The van der Waals surface area contributed by atoms with Crippen LogP contribution in [-0.4, -0.2) is 25.2 Å². The molecule has 8 heteroatoms. The van der Waals surface area contributed by atoms with Gasteiger partial charge in [-0.15, -0.1) is 0 Å². The maximum atomic E-state index is 12.1. The molecule has 0 saturated heterocycles. The van der Waals surface area contributed by atoms with E-state index in [1.165, 1.54) is 6.07 Å². The zero-order valence-electron chi connectivity index (χ0n) is 11.4. The Kier molecular flexibility index (Phi) is 4.58. The van der Waals surface area contributed by atoms with Crippen LogP contribution in [0.4, 0.5) is 0 Å². The van der Waals surface area contributed by atoms with Gasteiger partial charge < -0.3 is 9.73 Å². The van der Waals surface area contributed by atoms with Crippen LogP contribution in [0.3, 0.4) is 0 Å². The van der Waals surface area contributed by atoms with E-state index in [4.69, 9.17) is 4.42 Å². The minimum absolute atomic E-state index is 0.0773. The number of furan rings is 1. The summed E-state index contributed by atoms with van der Waals surface area (Å²) in [5, 5.41) is 9.59. The highest BCUT2D eigenvalue weighted by molar-refractivity contribution is 7.89. The molecule has 110 valence electrons.